The molecule has 0 radical (unpaired) electrons. The highest BCUT2D eigenvalue weighted by molar-refractivity contribution is 6.42. The summed E-state index contributed by atoms with van der Waals surface area (Å²) >= 11 is 12.0. The van der Waals surface area contributed by atoms with Gasteiger partial charge in [0.05, 0.1) is 15.7 Å². The monoisotopic (exact) mass is 450 g/mol. The van der Waals surface area contributed by atoms with Crippen LogP contribution in [0.3, 0.4) is 0 Å². The fourth-order valence-corrected chi connectivity index (χ4v) is 3.55. The number of nitrogens with one attached hydrogen (secondary N) is 1. The summed E-state index contributed by atoms with van der Waals surface area (Å²) in [4.78, 5) is 17.5. The van der Waals surface area contributed by atoms with Gasteiger partial charge in [0.2, 0.25) is 5.82 Å². The minimum Gasteiger partial charge on any atom is -0.319 e. The molecule has 0 aliphatic heterocycles. The summed E-state index contributed by atoms with van der Waals surface area (Å²) in [7, 11) is 0. The van der Waals surface area contributed by atoms with Crippen molar-refractivity contribution in [1.82, 2.24) is 14.8 Å². The molecule has 0 bridgehead atoms. The first-order chi connectivity index (χ1) is 14.8. The third kappa shape index (κ3) is 4.48. The topological polar surface area (TPSA) is 59.8 Å². The van der Waals surface area contributed by atoms with E-state index in [1.54, 1.807) is 22.9 Å². The second-order valence-corrected chi connectivity index (χ2v) is 8.23. The summed E-state index contributed by atoms with van der Waals surface area (Å²) in [5.41, 5.74) is 5.47. The van der Waals surface area contributed by atoms with Crippen molar-refractivity contribution >= 4 is 34.8 Å². The quantitative estimate of drug-likeness (QED) is 0.390. The van der Waals surface area contributed by atoms with Gasteiger partial charge in [-0.25, -0.2) is 9.67 Å². The number of aromatic nitrogens is 3. The van der Waals surface area contributed by atoms with Gasteiger partial charge in [0.25, 0.3) is 5.91 Å². The van der Waals surface area contributed by atoms with Crippen LogP contribution >= 0.6 is 23.2 Å². The number of benzene rings is 3. The lowest BCUT2D eigenvalue weighted by Crippen LogP contribution is -2.14. The predicted molar refractivity (Wildman–Crippen MR) is 125 cm³/mol. The van der Waals surface area contributed by atoms with Gasteiger partial charge in [0.1, 0.15) is 0 Å². The molecule has 3 aromatic carbocycles. The molecule has 1 aromatic heterocycles. The molecule has 4 aromatic rings. The standard InChI is InChI=1S/C24H20Cl2N4O/c1-14-5-4-6-17(11-14)23-28-22(24(31)27-18-9-10-19(25)20(26)13-18)29-30(23)21-12-15(2)7-8-16(21)3/h4-13H,1-3H3,(H,27,31). The van der Waals surface area contributed by atoms with Crippen LogP contribution < -0.4 is 5.32 Å². The predicted octanol–water partition coefficient (Wildman–Crippen LogP) is 6.42. The molecule has 0 aliphatic rings. The van der Waals surface area contributed by atoms with Crippen LogP contribution in [0, 0.1) is 20.8 Å². The van der Waals surface area contributed by atoms with E-state index in [0.29, 0.717) is 21.6 Å². The van der Waals surface area contributed by atoms with E-state index >= 15 is 0 Å². The first kappa shape index (κ1) is 21.1. The molecule has 0 saturated carbocycles. The Morgan fingerprint density at radius 1 is 0.903 bits per heavy atom. The van der Waals surface area contributed by atoms with Gasteiger partial charge in [-0.2, -0.15) is 0 Å². The van der Waals surface area contributed by atoms with Gasteiger partial charge in [0, 0.05) is 11.3 Å². The van der Waals surface area contributed by atoms with Crippen LogP contribution in [-0.2, 0) is 0 Å². The second-order valence-electron chi connectivity index (χ2n) is 7.41. The summed E-state index contributed by atoms with van der Waals surface area (Å²) in [6, 6.07) is 18.9. The third-order valence-corrected chi connectivity index (χ3v) is 5.60. The van der Waals surface area contributed by atoms with Crippen LogP contribution in [0.25, 0.3) is 17.1 Å². The summed E-state index contributed by atoms with van der Waals surface area (Å²) in [6.07, 6.45) is 0. The Labute approximate surface area is 190 Å². The average molecular weight is 451 g/mol. The van der Waals surface area contributed by atoms with Crippen LogP contribution in [0.2, 0.25) is 10.0 Å². The number of hydrogen-bond donors (Lipinski definition) is 1. The van der Waals surface area contributed by atoms with Crippen molar-refractivity contribution in [3.63, 3.8) is 0 Å². The van der Waals surface area contributed by atoms with Gasteiger partial charge in [-0.15, -0.1) is 5.10 Å². The smallest absolute Gasteiger partial charge is 0.295 e. The summed E-state index contributed by atoms with van der Waals surface area (Å²) in [5, 5.41) is 8.12. The molecule has 1 heterocycles. The minimum absolute atomic E-state index is 0.0588. The normalized spacial score (nSPS) is 10.9. The Kier molecular flexibility index (Phi) is 5.81. The summed E-state index contributed by atoms with van der Waals surface area (Å²) in [5.74, 6) is 0.219. The molecule has 0 spiro atoms. The Morgan fingerprint density at radius 2 is 1.68 bits per heavy atom. The molecule has 1 amide bonds. The van der Waals surface area contributed by atoms with E-state index in [2.05, 4.69) is 15.4 Å². The largest absolute Gasteiger partial charge is 0.319 e. The van der Waals surface area contributed by atoms with Gasteiger partial charge in [0.15, 0.2) is 5.82 Å². The Morgan fingerprint density at radius 3 is 2.42 bits per heavy atom. The maximum absolute atomic E-state index is 12.9. The zero-order chi connectivity index (χ0) is 22.1. The maximum Gasteiger partial charge on any atom is 0.295 e. The number of carbonyl (C=O) groups excluding carboxylic acids is 1. The Balaban J connectivity index is 1.80. The molecule has 0 aliphatic carbocycles. The molecule has 7 heteroatoms. The van der Waals surface area contributed by atoms with E-state index in [1.165, 1.54) is 0 Å². The van der Waals surface area contributed by atoms with Crippen LogP contribution in [0.5, 0.6) is 0 Å². The van der Waals surface area contributed by atoms with E-state index in [0.717, 1.165) is 27.9 Å². The molecule has 1 N–H and O–H groups in total. The maximum atomic E-state index is 12.9. The summed E-state index contributed by atoms with van der Waals surface area (Å²) < 4.78 is 1.72. The molecule has 5 nitrogen and oxygen atoms in total. The first-order valence-corrected chi connectivity index (χ1v) is 10.5. The highest BCUT2D eigenvalue weighted by Crippen LogP contribution is 2.27. The van der Waals surface area contributed by atoms with E-state index in [-0.39, 0.29) is 5.82 Å². The van der Waals surface area contributed by atoms with Crippen molar-refractivity contribution in [2.75, 3.05) is 5.32 Å². The van der Waals surface area contributed by atoms with Crippen molar-refractivity contribution in [2.24, 2.45) is 0 Å². The Hall–Kier alpha value is -3.15. The number of carbonyl (C=O) groups is 1. The zero-order valence-electron chi connectivity index (χ0n) is 17.3. The second kappa shape index (κ2) is 8.53. The fourth-order valence-electron chi connectivity index (χ4n) is 3.26. The van der Waals surface area contributed by atoms with E-state index in [4.69, 9.17) is 23.2 Å². The van der Waals surface area contributed by atoms with Crippen molar-refractivity contribution in [3.8, 4) is 17.1 Å². The molecular formula is C24H20Cl2N4O. The lowest BCUT2D eigenvalue weighted by Gasteiger charge is -2.10. The van der Waals surface area contributed by atoms with E-state index in [1.807, 2.05) is 63.2 Å². The summed E-state index contributed by atoms with van der Waals surface area (Å²) in [6.45, 7) is 6.04. The van der Waals surface area contributed by atoms with Crippen molar-refractivity contribution in [1.29, 1.82) is 0 Å². The number of aryl methyl sites for hydroxylation is 3. The number of halogens is 2. The highest BCUT2D eigenvalue weighted by atomic mass is 35.5. The van der Waals surface area contributed by atoms with E-state index < -0.39 is 5.91 Å². The third-order valence-electron chi connectivity index (χ3n) is 4.86. The molecule has 0 saturated heterocycles. The lowest BCUT2D eigenvalue weighted by molar-refractivity contribution is 0.101. The van der Waals surface area contributed by atoms with Gasteiger partial charge in [-0.05, 0) is 62.2 Å². The Bertz CT molecular complexity index is 1300. The molecule has 0 unspecified atom stereocenters. The first-order valence-electron chi connectivity index (χ1n) is 9.70. The number of amides is 1. The van der Waals surface area contributed by atoms with Crippen LogP contribution in [0.15, 0.2) is 60.7 Å². The number of hydrogen-bond acceptors (Lipinski definition) is 3. The molecule has 0 fully saturated rings. The van der Waals surface area contributed by atoms with Crippen molar-refractivity contribution < 1.29 is 4.79 Å². The van der Waals surface area contributed by atoms with Crippen LogP contribution in [0.1, 0.15) is 27.3 Å². The molecular weight excluding hydrogens is 431 g/mol. The highest BCUT2D eigenvalue weighted by Gasteiger charge is 2.20. The number of rotatable bonds is 4. The van der Waals surface area contributed by atoms with Crippen molar-refractivity contribution in [3.05, 3.63) is 93.2 Å². The molecule has 156 valence electrons. The van der Waals surface area contributed by atoms with Crippen LogP contribution in [0.4, 0.5) is 5.69 Å². The molecule has 0 atom stereocenters. The van der Waals surface area contributed by atoms with Gasteiger partial charge >= 0.3 is 0 Å². The van der Waals surface area contributed by atoms with Gasteiger partial charge in [-0.1, -0.05) is 59.1 Å². The average Bonchev–Trinajstić information content (AvgIpc) is 3.18. The van der Waals surface area contributed by atoms with Crippen molar-refractivity contribution in [2.45, 2.75) is 20.8 Å². The molecule has 4 rings (SSSR count). The van der Waals surface area contributed by atoms with Crippen LogP contribution in [-0.4, -0.2) is 20.7 Å². The van der Waals surface area contributed by atoms with Gasteiger partial charge in [-0.3, -0.25) is 4.79 Å². The lowest BCUT2D eigenvalue weighted by atomic mass is 10.1. The fraction of sp³-hybridized carbons (Fsp3) is 0.125. The van der Waals surface area contributed by atoms with Gasteiger partial charge < -0.3 is 5.32 Å². The zero-order valence-corrected chi connectivity index (χ0v) is 18.8. The SMILES string of the molecule is Cc1cccc(-c2nc(C(=O)Nc3ccc(Cl)c(Cl)c3)nn2-c2cc(C)ccc2C)c1. The minimum atomic E-state index is -0.434. The number of anilines is 1. The van der Waals surface area contributed by atoms with E-state index in [9.17, 15) is 4.79 Å². The number of nitrogens with zero attached hydrogens (tertiary/aromatic N) is 3. The molecule has 31 heavy (non-hydrogen) atoms.